The minimum Gasteiger partial charge on any atom is -0.383 e. The molecule has 0 aliphatic rings. The number of rotatable bonds is 8. The van der Waals surface area contributed by atoms with Gasteiger partial charge in [0.25, 0.3) is 5.91 Å². The zero-order chi connectivity index (χ0) is 18.3. The van der Waals surface area contributed by atoms with Crippen LogP contribution in [0.4, 0.5) is 4.39 Å². The molecule has 0 aliphatic heterocycles. The lowest BCUT2D eigenvalue weighted by atomic mass is 10.2. The molecule has 0 bridgehead atoms. The Kier molecular flexibility index (Phi) is 6.63. The maximum atomic E-state index is 13.5. The van der Waals surface area contributed by atoms with E-state index in [1.54, 1.807) is 6.07 Å². The molecule has 25 heavy (non-hydrogen) atoms. The fourth-order valence-electron chi connectivity index (χ4n) is 2.05. The zero-order valence-corrected chi connectivity index (χ0v) is 14.5. The highest BCUT2D eigenvalue weighted by Crippen LogP contribution is 2.12. The van der Waals surface area contributed by atoms with E-state index < -0.39 is 15.8 Å². The molecule has 1 amide bonds. The number of halogens is 1. The van der Waals surface area contributed by atoms with Crippen LogP contribution in [0.15, 0.2) is 53.4 Å². The summed E-state index contributed by atoms with van der Waals surface area (Å²) in [6.45, 7) is 0.589. The lowest BCUT2D eigenvalue weighted by Crippen LogP contribution is -2.27. The highest BCUT2D eigenvalue weighted by Gasteiger charge is 2.15. The molecule has 0 saturated carbocycles. The average molecular weight is 366 g/mol. The Morgan fingerprint density at radius 3 is 2.44 bits per heavy atom. The molecule has 134 valence electrons. The number of amides is 1. The first-order chi connectivity index (χ1) is 11.9. The number of carbonyl (C=O) groups excluding carboxylic acids is 1. The van der Waals surface area contributed by atoms with Gasteiger partial charge in [-0.25, -0.2) is 17.5 Å². The van der Waals surface area contributed by atoms with Crippen molar-refractivity contribution < 1.29 is 22.3 Å². The number of benzene rings is 2. The van der Waals surface area contributed by atoms with E-state index >= 15 is 0 Å². The Balaban J connectivity index is 2.02. The van der Waals surface area contributed by atoms with Crippen molar-refractivity contribution in [1.82, 2.24) is 10.0 Å². The molecule has 2 aromatic carbocycles. The molecule has 0 heterocycles. The van der Waals surface area contributed by atoms with E-state index in [-0.39, 0.29) is 22.9 Å². The van der Waals surface area contributed by atoms with E-state index in [0.717, 1.165) is 0 Å². The Morgan fingerprint density at radius 1 is 1.12 bits per heavy atom. The van der Waals surface area contributed by atoms with Gasteiger partial charge in [0.15, 0.2) is 0 Å². The second kappa shape index (κ2) is 8.70. The Morgan fingerprint density at radius 2 is 1.80 bits per heavy atom. The molecule has 0 spiro atoms. The summed E-state index contributed by atoms with van der Waals surface area (Å²) in [7, 11) is -2.28. The fourth-order valence-corrected chi connectivity index (χ4v) is 3.06. The largest absolute Gasteiger partial charge is 0.383 e. The Labute approximate surface area is 146 Å². The van der Waals surface area contributed by atoms with Crippen molar-refractivity contribution in [2.75, 3.05) is 20.3 Å². The van der Waals surface area contributed by atoms with E-state index in [1.807, 2.05) is 0 Å². The summed E-state index contributed by atoms with van der Waals surface area (Å²) in [6, 6.07) is 11.4. The molecule has 0 atom stereocenters. The molecule has 0 unspecified atom stereocenters. The van der Waals surface area contributed by atoms with Crippen LogP contribution in [0.3, 0.4) is 0 Å². The number of carbonyl (C=O) groups is 1. The van der Waals surface area contributed by atoms with E-state index in [1.165, 1.54) is 49.6 Å². The number of ether oxygens (including phenoxy) is 1. The van der Waals surface area contributed by atoms with Crippen LogP contribution in [-0.2, 0) is 21.3 Å². The number of methoxy groups -OCH3 is 1. The van der Waals surface area contributed by atoms with E-state index in [2.05, 4.69) is 10.0 Å². The van der Waals surface area contributed by atoms with Crippen molar-refractivity contribution in [1.29, 1.82) is 0 Å². The molecule has 0 radical (unpaired) electrons. The number of nitrogens with one attached hydrogen (secondary N) is 2. The van der Waals surface area contributed by atoms with Crippen LogP contribution in [0.25, 0.3) is 0 Å². The van der Waals surface area contributed by atoms with Gasteiger partial charge in [0.05, 0.1) is 11.5 Å². The summed E-state index contributed by atoms with van der Waals surface area (Å²) in [4.78, 5) is 11.9. The van der Waals surface area contributed by atoms with Crippen LogP contribution < -0.4 is 10.0 Å². The Hall–Kier alpha value is -2.29. The first-order valence-corrected chi connectivity index (χ1v) is 9.02. The van der Waals surface area contributed by atoms with E-state index in [0.29, 0.717) is 18.7 Å². The summed E-state index contributed by atoms with van der Waals surface area (Å²) in [5.74, 6) is -0.798. The molecule has 0 saturated heterocycles. The van der Waals surface area contributed by atoms with Crippen molar-refractivity contribution >= 4 is 15.9 Å². The molecule has 2 aromatic rings. The van der Waals surface area contributed by atoms with Gasteiger partial charge in [0.1, 0.15) is 5.82 Å². The van der Waals surface area contributed by atoms with Gasteiger partial charge in [-0.15, -0.1) is 0 Å². The molecule has 6 nitrogen and oxygen atoms in total. The predicted octanol–water partition coefficient (Wildman–Crippen LogP) is 1.68. The third-order valence-electron chi connectivity index (χ3n) is 3.43. The smallest absolute Gasteiger partial charge is 0.251 e. The summed E-state index contributed by atoms with van der Waals surface area (Å²) in [6.07, 6.45) is 0. The normalized spacial score (nSPS) is 11.3. The lowest BCUT2D eigenvalue weighted by molar-refractivity contribution is 0.0937. The van der Waals surface area contributed by atoms with Crippen molar-refractivity contribution in [2.45, 2.75) is 11.4 Å². The molecular weight excluding hydrogens is 347 g/mol. The van der Waals surface area contributed by atoms with Crippen molar-refractivity contribution in [2.24, 2.45) is 0 Å². The summed E-state index contributed by atoms with van der Waals surface area (Å²) < 4.78 is 45.2. The topological polar surface area (TPSA) is 84.5 Å². The van der Waals surface area contributed by atoms with Gasteiger partial charge in [-0.05, 0) is 30.3 Å². The zero-order valence-electron chi connectivity index (χ0n) is 13.7. The first-order valence-electron chi connectivity index (χ1n) is 7.54. The quantitative estimate of drug-likeness (QED) is 0.696. The predicted molar refractivity (Wildman–Crippen MR) is 91.1 cm³/mol. The van der Waals surface area contributed by atoms with Crippen LogP contribution >= 0.6 is 0 Å². The molecule has 2 N–H and O–H groups in total. The Bertz CT molecular complexity index is 823. The van der Waals surface area contributed by atoms with Crippen molar-refractivity contribution in [3.05, 3.63) is 65.5 Å². The maximum absolute atomic E-state index is 13.5. The molecule has 2 rings (SSSR count). The van der Waals surface area contributed by atoms with Gasteiger partial charge in [-0.3, -0.25) is 4.79 Å². The third kappa shape index (κ3) is 5.35. The second-order valence-corrected chi connectivity index (χ2v) is 6.96. The lowest BCUT2D eigenvalue weighted by Gasteiger charge is -2.09. The van der Waals surface area contributed by atoms with Crippen LogP contribution in [0.1, 0.15) is 15.9 Å². The second-order valence-electron chi connectivity index (χ2n) is 5.19. The minimum absolute atomic E-state index is 0.00252. The molecular formula is C17H19FN2O4S. The maximum Gasteiger partial charge on any atom is 0.251 e. The fraction of sp³-hybridized carbons (Fsp3) is 0.235. The summed E-state index contributed by atoms with van der Waals surface area (Å²) >= 11 is 0. The van der Waals surface area contributed by atoms with Crippen LogP contribution in [0, 0.1) is 5.82 Å². The number of hydrogen-bond acceptors (Lipinski definition) is 4. The van der Waals surface area contributed by atoms with Crippen LogP contribution in [0.2, 0.25) is 0 Å². The van der Waals surface area contributed by atoms with Gasteiger partial charge in [0, 0.05) is 31.3 Å². The highest BCUT2D eigenvalue weighted by atomic mass is 32.2. The monoisotopic (exact) mass is 366 g/mol. The van der Waals surface area contributed by atoms with Crippen molar-refractivity contribution in [3.63, 3.8) is 0 Å². The van der Waals surface area contributed by atoms with Crippen molar-refractivity contribution in [3.8, 4) is 0 Å². The minimum atomic E-state index is -3.81. The summed E-state index contributed by atoms with van der Waals surface area (Å²) in [5, 5.41) is 2.64. The molecule has 8 heteroatoms. The van der Waals surface area contributed by atoms with E-state index in [4.69, 9.17) is 4.74 Å². The SMILES string of the molecule is COCCNC(=O)c1ccc(S(=O)(=O)NCc2ccccc2F)cc1. The van der Waals surface area contributed by atoms with Crippen LogP contribution in [0.5, 0.6) is 0 Å². The van der Waals surface area contributed by atoms with Gasteiger partial charge in [-0.2, -0.15) is 0 Å². The number of hydrogen-bond donors (Lipinski definition) is 2. The highest BCUT2D eigenvalue weighted by molar-refractivity contribution is 7.89. The third-order valence-corrected chi connectivity index (χ3v) is 4.85. The number of sulfonamides is 1. The average Bonchev–Trinajstić information content (AvgIpc) is 2.61. The van der Waals surface area contributed by atoms with E-state index in [9.17, 15) is 17.6 Å². The van der Waals surface area contributed by atoms with Gasteiger partial charge >= 0.3 is 0 Å². The van der Waals surface area contributed by atoms with Gasteiger partial charge < -0.3 is 10.1 Å². The first kappa shape index (κ1) is 19.0. The molecule has 0 fully saturated rings. The molecule has 0 aliphatic carbocycles. The van der Waals surface area contributed by atoms with Gasteiger partial charge in [-0.1, -0.05) is 18.2 Å². The van der Waals surface area contributed by atoms with Crippen LogP contribution in [-0.4, -0.2) is 34.6 Å². The standard InChI is InChI=1S/C17H19FN2O4S/c1-24-11-10-19-17(21)13-6-8-15(9-7-13)25(22,23)20-12-14-4-2-3-5-16(14)18/h2-9,20H,10-12H2,1H3,(H,19,21). The molecule has 0 aromatic heterocycles. The van der Waals surface area contributed by atoms with Gasteiger partial charge in [0.2, 0.25) is 10.0 Å². The summed E-state index contributed by atoms with van der Waals surface area (Å²) in [5.41, 5.74) is 0.587.